The van der Waals surface area contributed by atoms with Gasteiger partial charge in [0.15, 0.2) is 0 Å². The monoisotopic (exact) mass is 511 g/mol. The van der Waals surface area contributed by atoms with E-state index in [9.17, 15) is 8.42 Å². The summed E-state index contributed by atoms with van der Waals surface area (Å²) in [6.45, 7) is 8.67. The topological polar surface area (TPSA) is 78.9 Å². The largest absolute Gasteiger partial charge is 0.497 e. The molecule has 0 N–H and O–H groups in total. The molecule has 2 atom stereocenters. The van der Waals surface area contributed by atoms with Crippen molar-refractivity contribution in [2.45, 2.75) is 50.5 Å². The maximum atomic E-state index is 13.2. The van der Waals surface area contributed by atoms with Gasteiger partial charge in [-0.1, -0.05) is 13.0 Å². The van der Waals surface area contributed by atoms with Crippen LogP contribution in [0.25, 0.3) is 6.08 Å². The number of benzene rings is 1. The van der Waals surface area contributed by atoms with Crippen LogP contribution in [0.2, 0.25) is 0 Å². The fourth-order valence-electron chi connectivity index (χ4n) is 5.43. The fourth-order valence-corrected chi connectivity index (χ4v) is 6.85. The molecule has 194 valence electrons. The number of methoxy groups -OCH3 is 1. The molecular formula is C27H37N5O3S. The van der Waals surface area contributed by atoms with Crippen LogP contribution < -0.4 is 9.64 Å². The second kappa shape index (κ2) is 10.5. The van der Waals surface area contributed by atoms with E-state index in [1.165, 1.54) is 24.8 Å². The molecule has 0 saturated carbocycles. The van der Waals surface area contributed by atoms with Gasteiger partial charge in [0, 0.05) is 44.8 Å². The number of rotatable bonds is 6. The van der Waals surface area contributed by atoms with Crippen molar-refractivity contribution in [1.82, 2.24) is 19.2 Å². The number of piperidine rings is 1. The van der Waals surface area contributed by atoms with Crippen LogP contribution in [-0.4, -0.2) is 74.0 Å². The quantitative estimate of drug-likeness (QED) is 0.584. The lowest BCUT2D eigenvalue weighted by Gasteiger charge is -2.37. The van der Waals surface area contributed by atoms with Crippen LogP contribution in [0.15, 0.2) is 35.2 Å². The minimum atomic E-state index is -3.54. The summed E-state index contributed by atoms with van der Waals surface area (Å²) in [5, 5.41) is 0. The lowest BCUT2D eigenvalue weighted by molar-refractivity contribution is 0.141. The average Bonchev–Trinajstić information content (AvgIpc) is 2.92. The summed E-state index contributed by atoms with van der Waals surface area (Å²) in [4.78, 5) is 15.2. The second-order valence-electron chi connectivity index (χ2n) is 10.1. The number of anilines is 1. The molecule has 2 aliphatic heterocycles. The number of hydrogen-bond acceptors (Lipinski definition) is 7. The van der Waals surface area contributed by atoms with Gasteiger partial charge in [-0.15, -0.1) is 0 Å². The molecule has 0 bridgehead atoms. The van der Waals surface area contributed by atoms with Gasteiger partial charge in [-0.3, -0.25) is 4.90 Å². The van der Waals surface area contributed by atoms with Crippen molar-refractivity contribution in [2.24, 2.45) is 5.92 Å². The zero-order chi connectivity index (χ0) is 25.3. The molecule has 8 nitrogen and oxygen atoms in total. The Labute approximate surface area is 215 Å². The second-order valence-corrected chi connectivity index (χ2v) is 12.1. The first-order valence-corrected chi connectivity index (χ1v) is 14.5. The molecule has 2 saturated heterocycles. The summed E-state index contributed by atoms with van der Waals surface area (Å²) in [5.74, 6) is 3.08. The van der Waals surface area contributed by atoms with Gasteiger partial charge in [-0.2, -0.15) is 4.31 Å². The van der Waals surface area contributed by atoms with Gasteiger partial charge in [0.25, 0.3) is 0 Å². The molecule has 1 aromatic heterocycles. The third-order valence-electron chi connectivity index (χ3n) is 7.69. The highest BCUT2D eigenvalue weighted by atomic mass is 32.2. The summed E-state index contributed by atoms with van der Waals surface area (Å²) in [6.07, 6.45) is 9.08. The maximum absolute atomic E-state index is 13.2. The number of hydrogen-bond donors (Lipinski definition) is 0. The number of fused-ring (bicyclic) bond motifs is 1. The number of piperazine rings is 1. The molecule has 2 unspecified atom stereocenters. The predicted octanol–water partition coefficient (Wildman–Crippen LogP) is 3.75. The number of ether oxygens (including phenoxy) is 1. The molecule has 0 amide bonds. The van der Waals surface area contributed by atoms with Gasteiger partial charge in [-0.25, -0.2) is 18.4 Å². The van der Waals surface area contributed by atoms with E-state index >= 15 is 0 Å². The minimum absolute atomic E-state index is 0.0115. The van der Waals surface area contributed by atoms with Crippen LogP contribution in [0.4, 0.5) is 5.82 Å². The van der Waals surface area contributed by atoms with Crippen LogP contribution in [-0.2, 0) is 16.4 Å². The maximum Gasteiger partial charge on any atom is 0.243 e. The van der Waals surface area contributed by atoms with E-state index in [0.29, 0.717) is 42.7 Å². The Morgan fingerprint density at radius 3 is 2.33 bits per heavy atom. The van der Waals surface area contributed by atoms with Crippen molar-refractivity contribution in [3.8, 4) is 5.75 Å². The van der Waals surface area contributed by atoms with Gasteiger partial charge in [0.05, 0.1) is 23.7 Å². The molecule has 36 heavy (non-hydrogen) atoms. The molecule has 3 heterocycles. The van der Waals surface area contributed by atoms with E-state index in [-0.39, 0.29) is 6.04 Å². The summed E-state index contributed by atoms with van der Waals surface area (Å²) < 4.78 is 33.1. The first kappa shape index (κ1) is 25.2. The molecule has 5 rings (SSSR count). The third-order valence-corrected chi connectivity index (χ3v) is 9.60. The minimum Gasteiger partial charge on any atom is -0.497 e. The van der Waals surface area contributed by atoms with Gasteiger partial charge >= 0.3 is 0 Å². The van der Waals surface area contributed by atoms with Crippen molar-refractivity contribution in [2.75, 3.05) is 51.3 Å². The van der Waals surface area contributed by atoms with Crippen molar-refractivity contribution in [1.29, 1.82) is 0 Å². The Morgan fingerprint density at radius 2 is 1.67 bits per heavy atom. The molecular weight excluding hydrogens is 474 g/mol. The smallest absolute Gasteiger partial charge is 0.243 e. The van der Waals surface area contributed by atoms with Gasteiger partial charge in [0.2, 0.25) is 10.0 Å². The highest BCUT2D eigenvalue weighted by Crippen LogP contribution is 2.33. The Hall–Kier alpha value is -2.49. The SMILES string of the molecule is COc1ccc(S(=O)(=O)N2CCN(C(C)c3nc4c(c(N5CCCCC5)n3)CC(C)C=C4)CC2)cc1. The van der Waals surface area contributed by atoms with Crippen LogP contribution in [0, 0.1) is 5.92 Å². The summed E-state index contributed by atoms with van der Waals surface area (Å²) >= 11 is 0. The first-order valence-electron chi connectivity index (χ1n) is 13.1. The Kier molecular flexibility index (Phi) is 7.32. The lowest BCUT2D eigenvalue weighted by Crippen LogP contribution is -2.49. The number of aromatic nitrogens is 2. The number of nitrogens with zero attached hydrogens (tertiary/aromatic N) is 5. The zero-order valence-corrected chi connectivity index (χ0v) is 22.4. The number of sulfonamides is 1. The summed E-state index contributed by atoms with van der Waals surface area (Å²) in [7, 11) is -1.96. The van der Waals surface area contributed by atoms with Crippen molar-refractivity contribution in [3.05, 3.63) is 47.4 Å². The summed E-state index contributed by atoms with van der Waals surface area (Å²) in [6, 6.07) is 6.61. The molecule has 9 heteroatoms. The van der Waals surface area contributed by atoms with Crippen LogP contribution in [0.3, 0.4) is 0 Å². The normalized spacial score (nSPS) is 22.3. The van der Waals surface area contributed by atoms with E-state index < -0.39 is 10.0 Å². The van der Waals surface area contributed by atoms with E-state index in [4.69, 9.17) is 14.7 Å². The molecule has 2 aromatic rings. The van der Waals surface area contributed by atoms with Gasteiger partial charge in [0.1, 0.15) is 17.4 Å². The highest BCUT2D eigenvalue weighted by molar-refractivity contribution is 7.89. The van der Waals surface area contributed by atoms with Crippen molar-refractivity contribution < 1.29 is 13.2 Å². The van der Waals surface area contributed by atoms with Crippen molar-refractivity contribution in [3.63, 3.8) is 0 Å². The van der Waals surface area contributed by atoms with Gasteiger partial charge < -0.3 is 9.64 Å². The standard InChI is InChI=1S/C27H37N5O3S/c1-20-7-12-25-24(19-20)27(31-13-5-4-6-14-31)29-26(28-25)21(2)30-15-17-32(18-16-30)36(33,34)23-10-8-22(35-3)9-11-23/h7-12,20-21H,4-6,13-19H2,1-3H3. The molecule has 2 fully saturated rings. The molecule has 0 spiro atoms. The van der Waals surface area contributed by atoms with Gasteiger partial charge in [-0.05, 0) is 68.9 Å². The van der Waals surface area contributed by atoms with Crippen molar-refractivity contribution >= 4 is 21.9 Å². The van der Waals surface area contributed by atoms with Crippen LogP contribution in [0.1, 0.15) is 56.2 Å². The van der Waals surface area contributed by atoms with E-state index in [1.807, 2.05) is 0 Å². The Balaban J connectivity index is 1.33. The fraction of sp³-hybridized carbons (Fsp3) is 0.556. The Morgan fingerprint density at radius 1 is 0.972 bits per heavy atom. The molecule has 0 radical (unpaired) electrons. The average molecular weight is 512 g/mol. The highest BCUT2D eigenvalue weighted by Gasteiger charge is 2.32. The molecule has 1 aromatic carbocycles. The first-order chi connectivity index (χ1) is 17.4. The van der Waals surface area contributed by atoms with E-state index in [1.54, 1.807) is 35.7 Å². The molecule has 1 aliphatic carbocycles. The van der Waals surface area contributed by atoms with E-state index in [2.05, 4.69) is 35.8 Å². The van der Waals surface area contributed by atoms with Crippen LogP contribution in [0.5, 0.6) is 5.75 Å². The Bertz CT molecular complexity index is 1200. The summed E-state index contributed by atoms with van der Waals surface area (Å²) in [5.41, 5.74) is 2.32. The lowest BCUT2D eigenvalue weighted by atomic mass is 9.93. The predicted molar refractivity (Wildman–Crippen MR) is 142 cm³/mol. The molecule has 3 aliphatic rings. The number of allylic oxidation sites excluding steroid dienone is 1. The van der Waals surface area contributed by atoms with Crippen LogP contribution >= 0.6 is 0 Å². The third kappa shape index (κ3) is 5.01. The zero-order valence-electron chi connectivity index (χ0n) is 21.6. The van der Waals surface area contributed by atoms with E-state index in [0.717, 1.165) is 36.8 Å².